The highest BCUT2D eigenvalue weighted by Crippen LogP contribution is 2.24. The van der Waals surface area contributed by atoms with Gasteiger partial charge in [0.2, 0.25) is 10.0 Å². The Kier molecular flexibility index (Phi) is 6.59. The molecule has 1 fully saturated rings. The van der Waals surface area contributed by atoms with E-state index in [1.807, 2.05) is 0 Å². The van der Waals surface area contributed by atoms with Gasteiger partial charge in [-0.15, -0.1) is 0 Å². The van der Waals surface area contributed by atoms with Crippen molar-refractivity contribution in [1.29, 1.82) is 0 Å². The van der Waals surface area contributed by atoms with Crippen LogP contribution in [0.2, 0.25) is 5.02 Å². The summed E-state index contributed by atoms with van der Waals surface area (Å²) < 4.78 is 31.3. The van der Waals surface area contributed by atoms with Gasteiger partial charge in [-0.3, -0.25) is 9.10 Å². The van der Waals surface area contributed by atoms with Crippen LogP contribution in [0.4, 0.5) is 5.69 Å². The molecule has 1 heterocycles. The Morgan fingerprint density at radius 1 is 1.25 bits per heavy atom. The highest BCUT2D eigenvalue weighted by Gasteiger charge is 2.19. The van der Waals surface area contributed by atoms with Crippen molar-refractivity contribution >= 4 is 33.2 Å². The monoisotopic (exact) mass is 422 g/mol. The van der Waals surface area contributed by atoms with Crippen molar-refractivity contribution < 1.29 is 17.9 Å². The number of nitrogens with one attached hydrogen (secondary N) is 1. The molecule has 0 saturated carbocycles. The first-order valence-corrected chi connectivity index (χ1v) is 11.3. The number of amides is 1. The van der Waals surface area contributed by atoms with Gasteiger partial charge in [0.25, 0.3) is 5.91 Å². The highest BCUT2D eigenvalue weighted by molar-refractivity contribution is 7.92. The van der Waals surface area contributed by atoms with Crippen molar-refractivity contribution in [3.63, 3.8) is 0 Å². The standard InChI is InChI=1S/C20H23ClN2O4S/c1-28(25,26)23(18-5-2-4-17(21)12-18)14-15-7-9-16(10-8-15)20(24)22-13-19-6-3-11-27-19/h2,4-5,7-10,12,19H,3,6,11,13-14H2,1H3,(H,22,24). The van der Waals surface area contributed by atoms with E-state index in [0.717, 1.165) is 31.3 Å². The molecule has 2 aromatic carbocycles. The Balaban J connectivity index is 1.68. The number of sulfonamides is 1. The topological polar surface area (TPSA) is 75.7 Å². The fourth-order valence-corrected chi connectivity index (χ4v) is 4.14. The number of carbonyl (C=O) groups excluding carboxylic acids is 1. The van der Waals surface area contributed by atoms with E-state index in [9.17, 15) is 13.2 Å². The quantitative estimate of drug-likeness (QED) is 0.743. The van der Waals surface area contributed by atoms with E-state index in [0.29, 0.717) is 22.8 Å². The number of benzene rings is 2. The van der Waals surface area contributed by atoms with E-state index in [4.69, 9.17) is 16.3 Å². The van der Waals surface area contributed by atoms with E-state index in [1.54, 1.807) is 48.5 Å². The summed E-state index contributed by atoms with van der Waals surface area (Å²) in [5, 5.41) is 3.33. The first kappa shape index (κ1) is 20.6. The summed E-state index contributed by atoms with van der Waals surface area (Å²) in [4.78, 5) is 12.3. The van der Waals surface area contributed by atoms with Crippen LogP contribution in [-0.4, -0.2) is 39.8 Å². The lowest BCUT2D eigenvalue weighted by Crippen LogP contribution is -2.31. The van der Waals surface area contributed by atoms with Crippen LogP contribution in [-0.2, 0) is 21.3 Å². The number of carbonyl (C=O) groups is 1. The Bertz CT molecular complexity index is 925. The Morgan fingerprint density at radius 3 is 2.61 bits per heavy atom. The van der Waals surface area contributed by atoms with Crippen molar-refractivity contribution in [2.75, 3.05) is 23.7 Å². The van der Waals surface area contributed by atoms with Crippen LogP contribution >= 0.6 is 11.6 Å². The minimum atomic E-state index is -3.50. The molecule has 0 aromatic heterocycles. The maximum Gasteiger partial charge on any atom is 0.251 e. The summed E-state index contributed by atoms with van der Waals surface area (Å²) in [6.45, 7) is 1.40. The van der Waals surface area contributed by atoms with Crippen LogP contribution in [0.3, 0.4) is 0 Å². The van der Waals surface area contributed by atoms with Crippen molar-refractivity contribution in [3.8, 4) is 0 Å². The van der Waals surface area contributed by atoms with Gasteiger partial charge < -0.3 is 10.1 Å². The van der Waals surface area contributed by atoms with Gasteiger partial charge in [0.1, 0.15) is 0 Å². The van der Waals surface area contributed by atoms with Crippen LogP contribution in [0.5, 0.6) is 0 Å². The van der Waals surface area contributed by atoms with Crippen molar-refractivity contribution in [2.45, 2.75) is 25.5 Å². The molecule has 1 atom stereocenters. The molecule has 3 rings (SSSR count). The largest absolute Gasteiger partial charge is 0.376 e. The maximum absolute atomic E-state index is 12.3. The van der Waals surface area contributed by atoms with Crippen LogP contribution in [0, 0.1) is 0 Å². The van der Waals surface area contributed by atoms with Crippen LogP contribution in [0.15, 0.2) is 48.5 Å². The molecule has 1 saturated heterocycles. The lowest BCUT2D eigenvalue weighted by atomic mass is 10.1. The lowest BCUT2D eigenvalue weighted by molar-refractivity contribution is 0.0858. The molecule has 28 heavy (non-hydrogen) atoms. The van der Waals surface area contributed by atoms with E-state index in [1.165, 1.54) is 4.31 Å². The molecule has 150 valence electrons. The third-order valence-electron chi connectivity index (χ3n) is 4.55. The first-order chi connectivity index (χ1) is 13.3. The number of ether oxygens (including phenoxy) is 1. The number of hydrogen-bond acceptors (Lipinski definition) is 4. The molecule has 0 radical (unpaired) electrons. The smallest absolute Gasteiger partial charge is 0.251 e. The number of anilines is 1. The minimum absolute atomic E-state index is 0.0873. The molecule has 6 nitrogen and oxygen atoms in total. The SMILES string of the molecule is CS(=O)(=O)N(Cc1ccc(C(=O)NCC2CCCO2)cc1)c1cccc(Cl)c1. The van der Waals surface area contributed by atoms with E-state index in [-0.39, 0.29) is 18.6 Å². The number of rotatable bonds is 7. The third-order valence-corrected chi connectivity index (χ3v) is 5.93. The maximum atomic E-state index is 12.3. The second-order valence-corrected chi connectivity index (χ2v) is 9.13. The van der Waals surface area contributed by atoms with Gasteiger partial charge in [0.05, 0.1) is 24.6 Å². The van der Waals surface area contributed by atoms with Crippen LogP contribution < -0.4 is 9.62 Å². The zero-order valence-corrected chi connectivity index (χ0v) is 17.2. The van der Waals surface area contributed by atoms with E-state index in [2.05, 4.69) is 5.32 Å². The zero-order chi connectivity index (χ0) is 20.1. The molecular weight excluding hydrogens is 400 g/mol. The number of hydrogen-bond donors (Lipinski definition) is 1. The summed E-state index contributed by atoms with van der Waals surface area (Å²) >= 11 is 6.00. The van der Waals surface area contributed by atoms with Gasteiger partial charge in [-0.05, 0) is 48.7 Å². The molecule has 1 N–H and O–H groups in total. The Labute approximate surface area is 170 Å². The summed E-state index contributed by atoms with van der Waals surface area (Å²) in [7, 11) is -3.50. The van der Waals surface area contributed by atoms with Gasteiger partial charge >= 0.3 is 0 Å². The fourth-order valence-electron chi connectivity index (χ4n) is 3.07. The second kappa shape index (κ2) is 8.94. The third kappa shape index (κ3) is 5.47. The fraction of sp³-hybridized carbons (Fsp3) is 0.350. The van der Waals surface area contributed by atoms with E-state index < -0.39 is 10.0 Å². The normalized spacial score (nSPS) is 16.7. The van der Waals surface area contributed by atoms with Crippen LogP contribution in [0.25, 0.3) is 0 Å². The predicted molar refractivity (Wildman–Crippen MR) is 110 cm³/mol. The minimum Gasteiger partial charge on any atom is -0.376 e. The lowest BCUT2D eigenvalue weighted by Gasteiger charge is -2.22. The number of nitrogens with zero attached hydrogens (tertiary/aromatic N) is 1. The molecule has 2 aromatic rings. The van der Waals surface area contributed by atoms with Gasteiger partial charge in [0.15, 0.2) is 0 Å². The molecule has 1 aliphatic rings. The van der Waals surface area contributed by atoms with Gasteiger partial charge in [-0.1, -0.05) is 29.8 Å². The molecule has 0 spiro atoms. The molecule has 8 heteroatoms. The van der Waals surface area contributed by atoms with Gasteiger partial charge in [-0.25, -0.2) is 8.42 Å². The van der Waals surface area contributed by atoms with Gasteiger partial charge in [0, 0.05) is 23.7 Å². The Hall–Kier alpha value is -2.09. The molecule has 1 unspecified atom stereocenters. The van der Waals surface area contributed by atoms with Crippen molar-refractivity contribution in [1.82, 2.24) is 5.32 Å². The average molecular weight is 423 g/mol. The van der Waals surface area contributed by atoms with Crippen molar-refractivity contribution in [2.24, 2.45) is 0 Å². The Morgan fingerprint density at radius 2 is 2.00 bits per heavy atom. The number of halogens is 1. The predicted octanol–water partition coefficient (Wildman–Crippen LogP) is 3.22. The summed E-state index contributed by atoms with van der Waals surface area (Å²) in [6.07, 6.45) is 3.23. The highest BCUT2D eigenvalue weighted by atomic mass is 35.5. The summed E-state index contributed by atoms with van der Waals surface area (Å²) in [5.41, 5.74) is 1.78. The molecule has 1 aliphatic heterocycles. The second-order valence-electron chi connectivity index (χ2n) is 6.79. The zero-order valence-electron chi connectivity index (χ0n) is 15.6. The molecular formula is C20H23ClN2O4S. The molecule has 1 amide bonds. The van der Waals surface area contributed by atoms with E-state index >= 15 is 0 Å². The summed E-state index contributed by atoms with van der Waals surface area (Å²) in [6, 6.07) is 13.6. The van der Waals surface area contributed by atoms with Gasteiger partial charge in [-0.2, -0.15) is 0 Å². The average Bonchev–Trinajstić information content (AvgIpc) is 3.17. The summed E-state index contributed by atoms with van der Waals surface area (Å²) in [5.74, 6) is -0.170. The first-order valence-electron chi connectivity index (χ1n) is 9.05. The van der Waals surface area contributed by atoms with Crippen LogP contribution in [0.1, 0.15) is 28.8 Å². The van der Waals surface area contributed by atoms with Crippen molar-refractivity contribution in [3.05, 3.63) is 64.7 Å². The molecule has 0 aliphatic carbocycles. The molecule has 0 bridgehead atoms.